The highest BCUT2D eigenvalue weighted by Gasteiger charge is 2.24. The van der Waals surface area contributed by atoms with Crippen LogP contribution in [0, 0.1) is 0 Å². The van der Waals surface area contributed by atoms with Crippen molar-refractivity contribution >= 4 is 22.6 Å². The van der Waals surface area contributed by atoms with Crippen molar-refractivity contribution in [2.45, 2.75) is 25.2 Å². The van der Waals surface area contributed by atoms with Crippen LogP contribution in [0.1, 0.15) is 35.6 Å². The van der Waals surface area contributed by atoms with Gasteiger partial charge in [-0.25, -0.2) is 0 Å². The number of halogens is 1. The van der Waals surface area contributed by atoms with Crippen LogP contribution in [0.15, 0.2) is 52.9 Å². The molecule has 0 radical (unpaired) electrons. The molecule has 0 unspecified atom stereocenters. The molecule has 1 saturated heterocycles. The Morgan fingerprint density at radius 3 is 2.61 bits per heavy atom. The summed E-state index contributed by atoms with van der Waals surface area (Å²) >= 11 is 6.25. The molecule has 3 heteroatoms. The van der Waals surface area contributed by atoms with Crippen molar-refractivity contribution in [2.75, 3.05) is 13.1 Å². The van der Waals surface area contributed by atoms with Crippen molar-refractivity contribution < 1.29 is 4.42 Å². The van der Waals surface area contributed by atoms with Gasteiger partial charge in [-0.05, 0) is 55.6 Å². The molecule has 0 bridgehead atoms. The Bertz CT molecular complexity index is 803. The molecule has 0 amide bonds. The van der Waals surface area contributed by atoms with Crippen LogP contribution in [-0.2, 0) is 6.42 Å². The van der Waals surface area contributed by atoms with Gasteiger partial charge in [0.2, 0.25) is 0 Å². The summed E-state index contributed by atoms with van der Waals surface area (Å²) in [5.74, 6) is 1.65. The van der Waals surface area contributed by atoms with Crippen molar-refractivity contribution in [3.63, 3.8) is 0 Å². The Hall–Kier alpha value is -1.77. The van der Waals surface area contributed by atoms with Crippen LogP contribution in [-0.4, -0.2) is 13.1 Å². The lowest BCUT2D eigenvalue weighted by Crippen LogP contribution is -2.26. The molecular formula is C20H20ClNO. The van der Waals surface area contributed by atoms with Crippen LogP contribution in [0.4, 0.5) is 0 Å². The predicted molar refractivity (Wildman–Crippen MR) is 95.3 cm³/mol. The molecule has 0 aliphatic carbocycles. The maximum absolute atomic E-state index is 6.25. The summed E-state index contributed by atoms with van der Waals surface area (Å²) in [5.41, 5.74) is 3.61. The Kier molecular flexibility index (Phi) is 4.11. The van der Waals surface area contributed by atoms with Gasteiger partial charge < -0.3 is 9.73 Å². The molecule has 4 rings (SSSR count). The lowest BCUT2D eigenvalue weighted by Gasteiger charge is -2.23. The fraction of sp³-hybridized carbons (Fsp3) is 0.300. The molecule has 2 aromatic carbocycles. The molecule has 3 aromatic rings. The molecule has 0 saturated carbocycles. The standard InChI is InChI=1S/C20H20ClNO/c21-16-6-7-18-17(13-16)20(15-8-10-22-11-9-15)19(23-18)12-14-4-2-1-3-5-14/h1-7,13,15,22H,8-12H2. The number of hydrogen-bond donors (Lipinski definition) is 1. The maximum atomic E-state index is 6.25. The van der Waals surface area contributed by atoms with Gasteiger partial charge in [0.1, 0.15) is 11.3 Å². The van der Waals surface area contributed by atoms with E-state index in [1.54, 1.807) is 0 Å². The summed E-state index contributed by atoms with van der Waals surface area (Å²) in [7, 11) is 0. The van der Waals surface area contributed by atoms with E-state index < -0.39 is 0 Å². The zero-order chi connectivity index (χ0) is 15.6. The van der Waals surface area contributed by atoms with Crippen LogP contribution in [0.2, 0.25) is 5.02 Å². The van der Waals surface area contributed by atoms with E-state index in [4.69, 9.17) is 16.0 Å². The van der Waals surface area contributed by atoms with Gasteiger partial charge in [-0.15, -0.1) is 0 Å². The van der Waals surface area contributed by atoms with Crippen LogP contribution in [0.3, 0.4) is 0 Å². The second kappa shape index (κ2) is 6.38. The number of hydrogen-bond acceptors (Lipinski definition) is 2. The third-order valence-electron chi connectivity index (χ3n) is 4.72. The fourth-order valence-electron chi connectivity index (χ4n) is 3.61. The highest BCUT2D eigenvalue weighted by Crippen LogP contribution is 2.38. The summed E-state index contributed by atoms with van der Waals surface area (Å²) < 4.78 is 6.23. The van der Waals surface area contributed by atoms with E-state index in [0.29, 0.717) is 5.92 Å². The number of rotatable bonds is 3. The molecule has 1 aliphatic heterocycles. The lowest BCUT2D eigenvalue weighted by atomic mass is 9.87. The first-order chi connectivity index (χ1) is 11.3. The fourth-order valence-corrected chi connectivity index (χ4v) is 3.78. The van der Waals surface area contributed by atoms with Gasteiger partial charge in [-0.2, -0.15) is 0 Å². The molecule has 0 spiro atoms. The Morgan fingerprint density at radius 2 is 1.83 bits per heavy atom. The SMILES string of the molecule is Clc1ccc2oc(Cc3ccccc3)c(C3CCNCC3)c2c1. The monoisotopic (exact) mass is 325 g/mol. The smallest absolute Gasteiger partial charge is 0.134 e. The van der Waals surface area contributed by atoms with Crippen molar-refractivity contribution in [2.24, 2.45) is 0 Å². The maximum Gasteiger partial charge on any atom is 0.134 e. The van der Waals surface area contributed by atoms with Gasteiger partial charge in [0, 0.05) is 22.4 Å². The minimum atomic E-state index is 0.551. The molecule has 1 aromatic heterocycles. The molecule has 1 fully saturated rings. The van der Waals surface area contributed by atoms with E-state index in [-0.39, 0.29) is 0 Å². The summed E-state index contributed by atoms with van der Waals surface area (Å²) in [5, 5.41) is 5.42. The van der Waals surface area contributed by atoms with Gasteiger partial charge in [0.25, 0.3) is 0 Å². The van der Waals surface area contributed by atoms with E-state index in [1.165, 1.54) is 16.5 Å². The van der Waals surface area contributed by atoms with Crippen LogP contribution >= 0.6 is 11.6 Å². The highest BCUT2D eigenvalue weighted by atomic mass is 35.5. The van der Waals surface area contributed by atoms with E-state index >= 15 is 0 Å². The van der Waals surface area contributed by atoms with Gasteiger partial charge in [-0.1, -0.05) is 41.9 Å². The average Bonchev–Trinajstić information content (AvgIpc) is 2.93. The second-order valence-electron chi connectivity index (χ2n) is 6.27. The largest absolute Gasteiger partial charge is 0.460 e. The van der Waals surface area contributed by atoms with Crippen molar-refractivity contribution in [1.29, 1.82) is 0 Å². The third kappa shape index (κ3) is 3.01. The molecule has 23 heavy (non-hydrogen) atoms. The minimum Gasteiger partial charge on any atom is -0.460 e. The normalized spacial score (nSPS) is 16.0. The second-order valence-corrected chi connectivity index (χ2v) is 6.70. The number of nitrogens with one attached hydrogen (secondary N) is 1. The number of furan rings is 1. The van der Waals surface area contributed by atoms with E-state index in [1.807, 2.05) is 12.1 Å². The van der Waals surface area contributed by atoms with Crippen LogP contribution in [0.25, 0.3) is 11.0 Å². The van der Waals surface area contributed by atoms with E-state index in [9.17, 15) is 0 Å². The molecule has 118 valence electrons. The summed E-state index contributed by atoms with van der Waals surface area (Å²) in [6.45, 7) is 2.14. The van der Waals surface area contributed by atoms with Crippen molar-refractivity contribution in [3.05, 3.63) is 70.4 Å². The molecule has 1 aliphatic rings. The summed E-state index contributed by atoms with van der Waals surface area (Å²) in [6.07, 6.45) is 3.15. The first-order valence-electron chi connectivity index (χ1n) is 8.27. The average molecular weight is 326 g/mol. The molecule has 1 N–H and O–H groups in total. The van der Waals surface area contributed by atoms with E-state index in [0.717, 1.165) is 48.7 Å². The van der Waals surface area contributed by atoms with E-state index in [2.05, 4.69) is 41.7 Å². The number of benzene rings is 2. The first-order valence-corrected chi connectivity index (χ1v) is 8.64. The van der Waals surface area contributed by atoms with Gasteiger partial charge in [0.15, 0.2) is 0 Å². The van der Waals surface area contributed by atoms with Gasteiger partial charge in [-0.3, -0.25) is 0 Å². The Balaban J connectivity index is 1.81. The zero-order valence-corrected chi connectivity index (χ0v) is 13.8. The lowest BCUT2D eigenvalue weighted by molar-refractivity contribution is 0.450. The minimum absolute atomic E-state index is 0.551. The molecule has 2 nitrogen and oxygen atoms in total. The van der Waals surface area contributed by atoms with Gasteiger partial charge in [0.05, 0.1) is 0 Å². The summed E-state index contributed by atoms with van der Waals surface area (Å²) in [6, 6.07) is 16.5. The topological polar surface area (TPSA) is 25.2 Å². The van der Waals surface area contributed by atoms with Crippen molar-refractivity contribution in [1.82, 2.24) is 5.32 Å². The highest BCUT2D eigenvalue weighted by molar-refractivity contribution is 6.31. The van der Waals surface area contributed by atoms with Gasteiger partial charge >= 0.3 is 0 Å². The Morgan fingerprint density at radius 1 is 1.04 bits per heavy atom. The molecule has 0 atom stereocenters. The predicted octanol–water partition coefficient (Wildman–Crippen LogP) is 5.14. The summed E-state index contributed by atoms with van der Waals surface area (Å²) in [4.78, 5) is 0. The quantitative estimate of drug-likeness (QED) is 0.721. The first kappa shape index (κ1) is 14.8. The van der Waals surface area contributed by atoms with Crippen molar-refractivity contribution in [3.8, 4) is 0 Å². The van der Waals surface area contributed by atoms with Crippen LogP contribution < -0.4 is 5.32 Å². The molecular weight excluding hydrogens is 306 g/mol. The Labute approximate surface area is 141 Å². The molecule has 2 heterocycles. The van der Waals surface area contributed by atoms with Crippen LogP contribution in [0.5, 0.6) is 0 Å². The third-order valence-corrected chi connectivity index (χ3v) is 4.96. The number of fused-ring (bicyclic) bond motifs is 1. The zero-order valence-electron chi connectivity index (χ0n) is 13.0. The number of piperidine rings is 1.